The van der Waals surface area contributed by atoms with E-state index in [0.29, 0.717) is 17.1 Å². The van der Waals surface area contributed by atoms with Crippen molar-refractivity contribution in [2.75, 3.05) is 0 Å². The minimum absolute atomic E-state index is 0.146. The first-order chi connectivity index (χ1) is 9.62. The molecule has 0 radical (unpaired) electrons. The van der Waals surface area contributed by atoms with Gasteiger partial charge in [-0.1, -0.05) is 24.3 Å². The molecule has 0 aliphatic carbocycles. The van der Waals surface area contributed by atoms with Gasteiger partial charge in [0.2, 0.25) is 9.84 Å². The van der Waals surface area contributed by atoms with E-state index in [1.54, 1.807) is 30.3 Å². The molecule has 1 aromatic carbocycles. The summed E-state index contributed by atoms with van der Waals surface area (Å²) in [5, 5.41) is 1.27. The topological polar surface area (TPSA) is 43.4 Å². The highest BCUT2D eigenvalue weighted by molar-refractivity contribution is 7.94. The van der Waals surface area contributed by atoms with Gasteiger partial charge in [-0.3, -0.25) is 0 Å². The Kier molecular flexibility index (Phi) is 5.01. The largest absolute Gasteiger partial charge is 0.494 e. The maximum absolute atomic E-state index is 12.2. The molecule has 20 heavy (non-hydrogen) atoms. The smallest absolute Gasteiger partial charge is 0.203 e. The number of benzene rings is 1. The molecule has 1 aromatic rings. The second-order valence-corrected chi connectivity index (χ2v) is 6.74. The number of hydrogen-bond donors (Lipinski definition) is 0. The van der Waals surface area contributed by atoms with E-state index in [4.69, 9.17) is 4.74 Å². The third-order valence-electron chi connectivity index (χ3n) is 3.32. The lowest BCUT2D eigenvalue weighted by Gasteiger charge is -2.09. The molecule has 0 N–H and O–H groups in total. The van der Waals surface area contributed by atoms with Crippen molar-refractivity contribution in [3.05, 3.63) is 54.2 Å². The van der Waals surface area contributed by atoms with E-state index in [0.717, 1.165) is 25.7 Å². The summed E-state index contributed by atoms with van der Waals surface area (Å²) < 4.78 is 30.1. The summed E-state index contributed by atoms with van der Waals surface area (Å²) in [4.78, 5) is 0.311. The van der Waals surface area contributed by atoms with E-state index in [9.17, 15) is 8.42 Å². The molecule has 1 aliphatic rings. The van der Waals surface area contributed by atoms with Crippen molar-refractivity contribution in [2.24, 2.45) is 0 Å². The summed E-state index contributed by atoms with van der Waals surface area (Å²) in [6, 6.07) is 8.44. The lowest BCUT2D eigenvalue weighted by Crippen LogP contribution is -2.04. The summed E-state index contributed by atoms with van der Waals surface area (Å²) in [5.74, 6) is 0.581. The molecular formula is C16H20O3S. The minimum atomic E-state index is -3.40. The van der Waals surface area contributed by atoms with Gasteiger partial charge in [-0.15, -0.1) is 6.58 Å². The second kappa shape index (κ2) is 6.75. The minimum Gasteiger partial charge on any atom is -0.494 e. The van der Waals surface area contributed by atoms with Crippen molar-refractivity contribution in [3.8, 4) is 0 Å². The predicted molar refractivity (Wildman–Crippen MR) is 79.9 cm³/mol. The van der Waals surface area contributed by atoms with Crippen molar-refractivity contribution >= 4 is 9.84 Å². The van der Waals surface area contributed by atoms with Crippen LogP contribution >= 0.6 is 0 Å². The maximum atomic E-state index is 12.2. The zero-order valence-corrected chi connectivity index (χ0v) is 12.3. The number of ether oxygens (including phenoxy) is 1. The van der Waals surface area contributed by atoms with Crippen LogP contribution in [0.15, 0.2) is 59.0 Å². The molecule has 0 spiro atoms. The normalized spacial score (nSPS) is 20.8. The first-order valence-electron chi connectivity index (χ1n) is 6.90. The van der Waals surface area contributed by atoms with E-state index in [-0.39, 0.29) is 6.10 Å². The number of rotatable bonds is 6. The molecular weight excluding hydrogens is 272 g/mol. The molecule has 1 atom stereocenters. The van der Waals surface area contributed by atoms with E-state index in [2.05, 4.69) is 6.58 Å². The third kappa shape index (κ3) is 3.97. The zero-order chi connectivity index (χ0) is 14.4. The number of unbranched alkanes of at least 4 members (excludes halogenated alkanes) is 1. The Balaban J connectivity index is 2.00. The van der Waals surface area contributed by atoms with Crippen molar-refractivity contribution in [3.63, 3.8) is 0 Å². The van der Waals surface area contributed by atoms with Gasteiger partial charge in [-0.2, -0.15) is 0 Å². The second-order valence-electron chi connectivity index (χ2n) is 4.94. The average Bonchev–Trinajstić information content (AvgIpc) is 2.87. The highest BCUT2D eigenvalue weighted by Crippen LogP contribution is 2.28. The summed E-state index contributed by atoms with van der Waals surface area (Å²) in [7, 11) is -3.40. The Morgan fingerprint density at radius 3 is 2.75 bits per heavy atom. The summed E-state index contributed by atoms with van der Waals surface area (Å²) in [6.07, 6.45) is 6.60. The van der Waals surface area contributed by atoms with Crippen molar-refractivity contribution < 1.29 is 13.2 Å². The third-order valence-corrected chi connectivity index (χ3v) is 4.83. The van der Waals surface area contributed by atoms with E-state index < -0.39 is 9.84 Å². The Morgan fingerprint density at radius 2 is 2.05 bits per heavy atom. The first kappa shape index (κ1) is 14.9. The lowest BCUT2D eigenvalue weighted by atomic mass is 10.1. The van der Waals surface area contributed by atoms with Crippen LogP contribution in [0.4, 0.5) is 0 Å². The van der Waals surface area contributed by atoms with Gasteiger partial charge in [0, 0.05) is 6.42 Å². The van der Waals surface area contributed by atoms with Crippen LogP contribution in [-0.2, 0) is 14.6 Å². The molecule has 1 aliphatic heterocycles. The zero-order valence-electron chi connectivity index (χ0n) is 11.5. The van der Waals surface area contributed by atoms with Crippen molar-refractivity contribution in [2.45, 2.75) is 43.1 Å². The van der Waals surface area contributed by atoms with Gasteiger partial charge in [-0.05, 0) is 37.8 Å². The Labute approximate surface area is 120 Å². The lowest BCUT2D eigenvalue weighted by molar-refractivity contribution is 0.150. The highest BCUT2D eigenvalue weighted by Gasteiger charge is 2.22. The van der Waals surface area contributed by atoms with Crippen LogP contribution in [0, 0.1) is 0 Å². The monoisotopic (exact) mass is 292 g/mol. The number of sulfone groups is 1. The summed E-state index contributed by atoms with van der Waals surface area (Å²) in [6.45, 7) is 3.69. The molecule has 2 rings (SSSR count). The quantitative estimate of drug-likeness (QED) is 0.591. The van der Waals surface area contributed by atoms with Crippen LogP contribution in [0.1, 0.15) is 32.1 Å². The van der Waals surface area contributed by atoms with Gasteiger partial charge in [0.1, 0.15) is 5.76 Å². The SMILES string of the molecule is C=CCCCC1CC/C(=C\S(=O)(=O)c2ccccc2)O1. The van der Waals surface area contributed by atoms with Gasteiger partial charge in [0.25, 0.3) is 0 Å². The predicted octanol–water partition coefficient (Wildman–Crippen LogP) is 3.84. The van der Waals surface area contributed by atoms with Gasteiger partial charge in [0.05, 0.1) is 16.4 Å². The van der Waals surface area contributed by atoms with Crippen LogP contribution in [0.3, 0.4) is 0 Å². The van der Waals surface area contributed by atoms with Crippen LogP contribution in [0.25, 0.3) is 0 Å². The van der Waals surface area contributed by atoms with E-state index in [1.807, 2.05) is 6.08 Å². The van der Waals surface area contributed by atoms with Crippen LogP contribution in [0.5, 0.6) is 0 Å². The van der Waals surface area contributed by atoms with E-state index >= 15 is 0 Å². The fourth-order valence-electron chi connectivity index (χ4n) is 2.27. The molecule has 108 valence electrons. The number of hydrogen-bond acceptors (Lipinski definition) is 3. The highest BCUT2D eigenvalue weighted by atomic mass is 32.2. The molecule has 4 heteroatoms. The van der Waals surface area contributed by atoms with Gasteiger partial charge in [-0.25, -0.2) is 8.42 Å². The van der Waals surface area contributed by atoms with E-state index in [1.165, 1.54) is 5.41 Å². The molecule has 0 bridgehead atoms. The summed E-state index contributed by atoms with van der Waals surface area (Å²) in [5.41, 5.74) is 0. The fourth-order valence-corrected chi connectivity index (χ4v) is 3.46. The van der Waals surface area contributed by atoms with Crippen LogP contribution in [0.2, 0.25) is 0 Å². The Hall–Kier alpha value is -1.55. The fraction of sp³-hybridized carbons (Fsp3) is 0.375. The van der Waals surface area contributed by atoms with Gasteiger partial charge >= 0.3 is 0 Å². The molecule has 0 saturated carbocycles. The van der Waals surface area contributed by atoms with Crippen molar-refractivity contribution in [1.29, 1.82) is 0 Å². The van der Waals surface area contributed by atoms with Crippen molar-refractivity contribution in [1.82, 2.24) is 0 Å². The summed E-state index contributed by atoms with van der Waals surface area (Å²) >= 11 is 0. The molecule has 0 amide bonds. The number of allylic oxidation sites excluding steroid dienone is 2. The maximum Gasteiger partial charge on any atom is 0.203 e. The standard InChI is InChI=1S/C16H20O3S/c1-2-3-5-8-14-11-12-15(19-14)13-20(17,18)16-9-6-4-7-10-16/h2,4,6-7,9-10,13-14H,1,3,5,8,11-12H2/b15-13+. The Morgan fingerprint density at radius 1 is 1.30 bits per heavy atom. The van der Waals surface area contributed by atoms with Crippen LogP contribution < -0.4 is 0 Å². The average molecular weight is 292 g/mol. The van der Waals surface area contributed by atoms with Gasteiger partial charge in [0.15, 0.2) is 0 Å². The molecule has 1 heterocycles. The van der Waals surface area contributed by atoms with Gasteiger partial charge < -0.3 is 4.74 Å². The molecule has 0 aromatic heterocycles. The molecule has 1 unspecified atom stereocenters. The first-order valence-corrected chi connectivity index (χ1v) is 8.45. The Bertz CT molecular complexity index is 573. The molecule has 1 fully saturated rings. The molecule has 1 saturated heterocycles. The molecule has 3 nitrogen and oxygen atoms in total. The van der Waals surface area contributed by atoms with Crippen LogP contribution in [-0.4, -0.2) is 14.5 Å².